The largest absolute Gasteiger partial charge is 0.354 e. The van der Waals surface area contributed by atoms with Crippen molar-refractivity contribution in [2.24, 2.45) is 7.05 Å². The summed E-state index contributed by atoms with van der Waals surface area (Å²) in [6, 6.07) is 0. The van der Waals surface area contributed by atoms with Crippen molar-refractivity contribution in [3.63, 3.8) is 0 Å². The van der Waals surface area contributed by atoms with E-state index in [0.717, 1.165) is 22.7 Å². The third-order valence-electron chi connectivity index (χ3n) is 2.72. The lowest BCUT2D eigenvalue weighted by atomic mass is 10.4. The van der Waals surface area contributed by atoms with Gasteiger partial charge in [0.05, 0.1) is 11.0 Å². The summed E-state index contributed by atoms with van der Waals surface area (Å²) in [5.74, 6) is 2.46. The van der Waals surface area contributed by atoms with E-state index in [4.69, 9.17) is 0 Å². The molecule has 0 fully saturated rings. The molecule has 2 aromatic heterocycles. The summed E-state index contributed by atoms with van der Waals surface area (Å²) in [7, 11) is 3.97. The van der Waals surface area contributed by atoms with Gasteiger partial charge in [0.1, 0.15) is 11.6 Å². The molecule has 102 valence electrons. The van der Waals surface area contributed by atoms with Gasteiger partial charge >= 0.3 is 0 Å². The summed E-state index contributed by atoms with van der Waals surface area (Å²) < 4.78 is 2.86. The summed E-state index contributed by atoms with van der Waals surface area (Å²) in [6.07, 6.45) is 5.49. The van der Waals surface area contributed by atoms with Crippen LogP contribution in [-0.2, 0) is 13.6 Å². The SMILES string of the molecule is CCNc1ncc(Br)c(N(C)Cc2nccn2C)n1. The first-order valence-electron chi connectivity index (χ1n) is 6.05. The summed E-state index contributed by atoms with van der Waals surface area (Å²) in [6.45, 7) is 3.50. The standard InChI is InChI=1S/C12H17BrN6/c1-4-14-12-16-7-9(13)11(17-12)19(3)8-10-15-5-6-18(10)2/h5-7H,4,8H2,1-3H3,(H,14,16,17). The van der Waals surface area contributed by atoms with E-state index in [-0.39, 0.29) is 0 Å². The number of aryl methyl sites for hydroxylation is 1. The lowest BCUT2D eigenvalue weighted by Crippen LogP contribution is -2.21. The van der Waals surface area contributed by atoms with Crippen molar-refractivity contribution in [2.45, 2.75) is 13.5 Å². The Hall–Kier alpha value is -1.63. The number of halogens is 1. The Morgan fingerprint density at radius 2 is 2.21 bits per heavy atom. The molecule has 0 saturated carbocycles. The van der Waals surface area contributed by atoms with Crippen molar-refractivity contribution < 1.29 is 0 Å². The molecule has 0 radical (unpaired) electrons. The van der Waals surface area contributed by atoms with E-state index in [9.17, 15) is 0 Å². The van der Waals surface area contributed by atoms with Crippen LogP contribution in [0.4, 0.5) is 11.8 Å². The molecule has 0 aliphatic rings. The highest BCUT2D eigenvalue weighted by Gasteiger charge is 2.12. The molecule has 0 aliphatic carbocycles. The summed E-state index contributed by atoms with van der Waals surface area (Å²) in [5, 5.41) is 3.11. The zero-order chi connectivity index (χ0) is 13.8. The molecular weight excluding hydrogens is 308 g/mol. The van der Waals surface area contributed by atoms with Crippen LogP contribution in [0.2, 0.25) is 0 Å². The second kappa shape index (κ2) is 6.01. The molecule has 2 heterocycles. The number of aromatic nitrogens is 4. The number of imidazole rings is 1. The Labute approximate surface area is 121 Å². The molecule has 7 heteroatoms. The molecular formula is C12H17BrN6. The van der Waals surface area contributed by atoms with Gasteiger partial charge in [-0.15, -0.1) is 0 Å². The van der Waals surface area contributed by atoms with Gasteiger partial charge in [-0.3, -0.25) is 0 Å². The Balaban J connectivity index is 2.20. The minimum atomic E-state index is 0.632. The fourth-order valence-corrected chi connectivity index (χ4v) is 2.20. The summed E-state index contributed by atoms with van der Waals surface area (Å²) in [5.41, 5.74) is 0. The summed E-state index contributed by atoms with van der Waals surface area (Å²) >= 11 is 3.48. The van der Waals surface area contributed by atoms with E-state index in [2.05, 4.69) is 36.2 Å². The first kappa shape index (κ1) is 13.8. The van der Waals surface area contributed by atoms with E-state index < -0.39 is 0 Å². The zero-order valence-corrected chi connectivity index (χ0v) is 12.8. The molecule has 0 spiro atoms. The van der Waals surface area contributed by atoms with Gasteiger partial charge in [-0.05, 0) is 22.9 Å². The zero-order valence-electron chi connectivity index (χ0n) is 11.3. The number of rotatable bonds is 5. The molecule has 0 bridgehead atoms. The van der Waals surface area contributed by atoms with Crippen LogP contribution in [0.3, 0.4) is 0 Å². The number of nitrogens with one attached hydrogen (secondary N) is 1. The van der Waals surface area contributed by atoms with Crippen LogP contribution in [0.5, 0.6) is 0 Å². The van der Waals surface area contributed by atoms with Crippen LogP contribution in [0.25, 0.3) is 0 Å². The van der Waals surface area contributed by atoms with Gasteiger partial charge in [-0.1, -0.05) is 0 Å². The monoisotopic (exact) mass is 324 g/mol. The fourth-order valence-electron chi connectivity index (χ4n) is 1.70. The van der Waals surface area contributed by atoms with E-state index in [0.29, 0.717) is 12.5 Å². The average Bonchev–Trinajstić information content (AvgIpc) is 2.77. The van der Waals surface area contributed by atoms with E-state index in [1.807, 2.05) is 36.7 Å². The van der Waals surface area contributed by atoms with Crippen LogP contribution in [0.1, 0.15) is 12.7 Å². The fraction of sp³-hybridized carbons (Fsp3) is 0.417. The average molecular weight is 325 g/mol. The van der Waals surface area contributed by atoms with E-state index >= 15 is 0 Å². The molecule has 1 N–H and O–H groups in total. The number of nitrogens with zero attached hydrogens (tertiary/aromatic N) is 5. The maximum atomic E-state index is 4.49. The van der Waals surface area contributed by atoms with Crippen LogP contribution >= 0.6 is 15.9 Å². The number of hydrogen-bond acceptors (Lipinski definition) is 5. The normalized spacial score (nSPS) is 10.5. The van der Waals surface area contributed by atoms with Crippen molar-refractivity contribution >= 4 is 27.7 Å². The Morgan fingerprint density at radius 1 is 1.42 bits per heavy atom. The molecule has 0 amide bonds. The first-order chi connectivity index (χ1) is 9.11. The lowest BCUT2D eigenvalue weighted by molar-refractivity contribution is 0.753. The molecule has 2 rings (SSSR count). The minimum absolute atomic E-state index is 0.632. The minimum Gasteiger partial charge on any atom is -0.354 e. The second-order valence-electron chi connectivity index (χ2n) is 4.21. The Bertz CT molecular complexity index is 553. The van der Waals surface area contributed by atoms with Gasteiger partial charge in [0.25, 0.3) is 0 Å². The quantitative estimate of drug-likeness (QED) is 0.912. The van der Waals surface area contributed by atoms with Gasteiger partial charge in [-0.2, -0.15) is 4.98 Å². The Morgan fingerprint density at radius 3 is 2.84 bits per heavy atom. The van der Waals surface area contributed by atoms with Crippen LogP contribution in [0.15, 0.2) is 23.1 Å². The van der Waals surface area contributed by atoms with Crippen molar-refractivity contribution in [1.29, 1.82) is 0 Å². The molecule has 19 heavy (non-hydrogen) atoms. The molecule has 6 nitrogen and oxygen atoms in total. The first-order valence-corrected chi connectivity index (χ1v) is 6.85. The van der Waals surface area contributed by atoms with E-state index in [1.54, 1.807) is 12.4 Å². The maximum Gasteiger partial charge on any atom is 0.224 e. The molecule has 0 atom stereocenters. The van der Waals surface area contributed by atoms with Gasteiger partial charge in [-0.25, -0.2) is 9.97 Å². The van der Waals surface area contributed by atoms with Gasteiger partial charge in [0.15, 0.2) is 0 Å². The highest BCUT2D eigenvalue weighted by Crippen LogP contribution is 2.24. The lowest BCUT2D eigenvalue weighted by Gasteiger charge is -2.19. The van der Waals surface area contributed by atoms with Crippen LogP contribution in [0, 0.1) is 0 Å². The summed E-state index contributed by atoms with van der Waals surface area (Å²) in [4.78, 5) is 15.1. The number of hydrogen-bond donors (Lipinski definition) is 1. The molecule has 0 unspecified atom stereocenters. The van der Waals surface area contributed by atoms with E-state index in [1.165, 1.54) is 0 Å². The molecule has 0 saturated heterocycles. The van der Waals surface area contributed by atoms with Crippen LogP contribution < -0.4 is 10.2 Å². The topological polar surface area (TPSA) is 58.9 Å². The molecule has 0 aliphatic heterocycles. The Kier molecular flexibility index (Phi) is 4.36. The van der Waals surface area contributed by atoms with Crippen molar-refractivity contribution in [3.8, 4) is 0 Å². The maximum absolute atomic E-state index is 4.49. The second-order valence-corrected chi connectivity index (χ2v) is 5.06. The number of anilines is 2. The third-order valence-corrected chi connectivity index (χ3v) is 3.28. The molecule has 2 aromatic rings. The smallest absolute Gasteiger partial charge is 0.224 e. The van der Waals surface area contributed by atoms with Gasteiger partial charge < -0.3 is 14.8 Å². The van der Waals surface area contributed by atoms with Gasteiger partial charge in [0, 0.05) is 39.2 Å². The van der Waals surface area contributed by atoms with Crippen molar-refractivity contribution in [3.05, 3.63) is 28.9 Å². The van der Waals surface area contributed by atoms with Crippen LogP contribution in [-0.4, -0.2) is 33.1 Å². The highest BCUT2D eigenvalue weighted by molar-refractivity contribution is 9.10. The van der Waals surface area contributed by atoms with Gasteiger partial charge in [0.2, 0.25) is 5.95 Å². The van der Waals surface area contributed by atoms with Crippen molar-refractivity contribution in [1.82, 2.24) is 19.5 Å². The van der Waals surface area contributed by atoms with Crippen molar-refractivity contribution in [2.75, 3.05) is 23.8 Å². The highest BCUT2D eigenvalue weighted by atomic mass is 79.9. The predicted octanol–water partition coefficient (Wildman–Crippen LogP) is 2.04. The predicted molar refractivity (Wildman–Crippen MR) is 79.2 cm³/mol. The third kappa shape index (κ3) is 3.23. The molecule has 0 aromatic carbocycles.